The summed E-state index contributed by atoms with van der Waals surface area (Å²) < 4.78 is 0. The van der Waals surface area contributed by atoms with Gasteiger partial charge in [0, 0.05) is 6.42 Å². The Bertz CT molecular complexity index is 157. The van der Waals surface area contributed by atoms with E-state index >= 15 is 0 Å². The van der Waals surface area contributed by atoms with Crippen LogP contribution in [-0.4, -0.2) is 5.78 Å². The van der Waals surface area contributed by atoms with Gasteiger partial charge < -0.3 is 0 Å². The van der Waals surface area contributed by atoms with Crippen LogP contribution in [0, 0.1) is 0 Å². The molecule has 0 unspecified atom stereocenters. The quantitative estimate of drug-likeness (QED) is 0.637. The molecule has 0 aliphatic heterocycles. The monoisotopic (exact) mass is 198 g/mol. The zero-order valence-corrected chi connectivity index (χ0v) is 10.5. The Morgan fingerprint density at radius 3 is 2.14 bits per heavy atom. The average molecular weight is 198 g/mol. The van der Waals surface area contributed by atoms with Crippen LogP contribution in [0.1, 0.15) is 66.7 Å². The number of carbonyl (C=O) groups excluding carboxylic acids is 1. The SMILES string of the molecule is CC.CC.CCC(=O)C1=CCCCC1. The van der Waals surface area contributed by atoms with Crippen LogP contribution in [-0.2, 0) is 4.79 Å². The smallest absolute Gasteiger partial charge is 0.158 e. The number of hydrogen-bond donors (Lipinski definition) is 0. The van der Waals surface area contributed by atoms with Gasteiger partial charge in [-0.25, -0.2) is 0 Å². The van der Waals surface area contributed by atoms with Gasteiger partial charge in [0.05, 0.1) is 0 Å². The molecule has 0 aromatic carbocycles. The second kappa shape index (κ2) is 12.4. The summed E-state index contributed by atoms with van der Waals surface area (Å²) in [4.78, 5) is 11.1. The predicted octanol–water partition coefficient (Wildman–Crippen LogP) is 4.52. The van der Waals surface area contributed by atoms with Crippen molar-refractivity contribution in [3.8, 4) is 0 Å². The molecule has 0 spiro atoms. The lowest BCUT2D eigenvalue weighted by Gasteiger charge is -2.09. The fourth-order valence-corrected chi connectivity index (χ4v) is 1.32. The Balaban J connectivity index is 0. The molecule has 0 amide bonds. The van der Waals surface area contributed by atoms with Gasteiger partial charge in [0.1, 0.15) is 0 Å². The highest BCUT2D eigenvalue weighted by Gasteiger charge is 2.08. The first-order chi connectivity index (χ1) is 6.84. The van der Waals surface area contributed by atoms with E-state index in [1.165, 1.54) is 12.8 Å². The molecule has 1 aliphatic carbocycles. The summed E-state index contributed by atoms with van der Waals surface area (Å²) in [6, 6.07) is 0. The number of carbonyl (C=O) groups is 1. The van der Waals surface area contributed by atoms with Crippen molar-refractivity contribution in [2.24, 2.45) is 0 Å². The number of rotatable bonds is 2. The van der Waals surface area contributed by atoms with E-state index in [1.54, 1.807) is 0 Å². The fourth-order valence-electron chi connectivity index (χ4n) is 1.32. The summed E-state index contributed by atoms with van der Waals surface area (Å²) in [5, 5.41) is 0. The van der Waals surface area contributed by atoms with Crippen molar-refractivity contribution >= 4 is 5.78 Å². The van der Waals surface area contributed by atoms with Gasteiger partial charge >= 0.3 is 0 Å². The molecule has 0 aromatic heterocycles. The third-order valence-corrected chi connectivity index (χ3v) is 1.97. The highest BCUT2D eigenvalue weighted by molar-refractivity contribution is 5.95. The second-order valence-corrected chi connectivity index (χ2v) is 2.75. The Kier molecular flexibility index (Phi) is 14.1. The molecule has 0 fully saturated rings. The van der Waals surface area contributed by atoms with Gasteiger partial charge in [-0.1, -0.05) is 40.7 Å². The van der Waals surface area contributed by atoms with Crippen molar-refractivity contribution in [1.82, 2.24) is 0 Å². The molecule has 1 rings (SSSR count). The minimum atomic E-state index is 0.347. The summed E-state index contributed by atoms with van der Waals surface area (Å²) in [6.07, 6.45) is 7.38. The van der Waals surface area contributed by atoms with Crippen LogP contribution in [0.2, 0.25) is 0 Å². The number of hydrogen-bond acceptors (Lipinski definition) is 1. The van der Waals surface area contributed by atoms with Gasteiger partial charge in [0.25, 0.3) is 0 Å². The maximum Gasteiger partial charge on any atom is 0.158 e. The zero-order valence-electron chi connectivity index (χ0n) is 10.5. The van der Waals surface area contributed by atoms with Crippen LogP contribution >= 0.6 is 0 Å². The van der Waals surface area contributed by atoms with Crippen molar-refractivity contribution in [2.75, 3.05) is 0 Å². The third kappa shape index (κ3) is 6.88. The van der Waals surface area contributed by atoms with Gasteiger partial charge in [0.2, 0.25) is 0 Å². The summed E-state index contributed by atoms with van der Waals surface area (Å²) in [5.74, 6) is 0.347. The van der Waals surface area contributed by atoms with Gasteiger partial charge in [-0.15, -0.1) is 0 Å². The standard InChI is InChI=1S/C9H14O.2C2H6/c1-2-9(10)8-6-4-3-5-7-8;2*1-2/h6H,2-5,7H2,1H3;2*1-2H3. The van der Waals surface area contributed by atoms with Crippen LogP contribution in [0.25, 0.3) is 0 Å². The lowest BCUT2D eigenvalue weighted by atomic mass is 9.95. The summed E-state index contributed by atoms with van der Waals surface area (Å²) in [6.45, 7) is 9.93. The molecule has 0 saturated carbocycles. The van der Waals surface area contributed by atoms with E-state index in [2.05, 4.69) is 6.08 Å². The fraction of sp³-hybridized carbons (Fsp3) is 0.769. The van der Waals surface area contributed by atoms with E-state index in [-0.39, 0.29) is 0 Å². The molecule has 0 saturated heterocycles. The summed E-state index contributed by atoms with van der Waals surface area (Å²) in [7, 11) is 0. The first-order valence-electron chi connectivity index (χ1n) is 6.07. The summed E-state index contributed by atoms with van der Waals surface area (Å²) in [5.41, 5.74) is 1.08. The maximum absolute atomic E-state index is 11.1. The largest absolute Gasteiger partial charge is 0.295 e. The topological polar surface area (TPSA) is 17.1 Å². The third-order valence-electron chi connectivity index (χ3n) is 1.97. The van der Waals surface area contributed by atoms with Crippen LogP contribution in [0.5, 0.6) is 0 Å². The highest BCUT2D eigenvalue weighted by Crippen LogP contribution is 2.18. The number of ketones is 1. The zero-order chi connectivity index (χ0) is 11.4. The van der Waals surface area contributed by atoms with Gasteiger partial charge in [-0.05, 0) is 31.3 Å². The van der Waals surface area contributed by atoms with Crippen LogP contribution in [0.4, 0.5) is 0 Å². The minimum absolute atomic E-state index is 0.347. The van der Waals surface area contributed by atoms with Gasteiger partial charge in [-0.3, -0.25) is 4.79 Å². The molecule has 1 aliphatic rings. The molecular weight excluding hydrogens is 172 g/mol. The predicted molar refractivity (Wildman–Crippen MR) is 64.5 cm³/mol. The number of allylic oxidation sites excluding steroid dienone is 2. The molecule has 0 radical (unpaired) electrons. The van der Waals surface area contributed by atoms with E-state index in [0.717, 1.165) is 18.4 Å². The van der Waals surface area contributed by atoms with E-state index in [1.807, 2.05) is 34.6 Å². The molecular formula is C13H26O. The van der Waals surface area contributed by atoms with E-state index in [9.17, 15) is 4.79 Å². The summed E-state index contributed by atoms with van der Waals surface area (Å²) >= 11 is 0. The average Bonchev–Trinajstić information content (AvgIpc) is 2.34. The van der Waals surface area contributed by atoms with E-state index in [4.69, 9.17) is 0 Å². The number of Topliss-reactive ketones (excluding diaryl/α,β-unsaturated/α-hetero) is 1. The lowest BCUT2D eigenvalue weighted by Crippen LogP contribution is -2.03. The molecule has 0 aromatic rings. The molecule has 1 heteroatoms. The van der Waals surface area contributed by atoms with Crippen LogP contribution in [0.15, 0.2) is 11.6 Å². The van der Waals surface area contributed by atoms with Crippen molar-refractivity contribution in [1.29, 1.82) is 0 Å². The van der Waals surface area contributed by atoms with Gasteiger partial charge in [0.15, 0.2) is 5.78 Å². The molecule has 0 bridgehead atoms. The van der Waals surface area contributed by atoms with Crippen molar-refractivity contribution in [2.45, 2.75) is 66.7 Å². The molecule has 0 heterocycles. The molecule has 0 N–H and O–H groups in total. The van der Waals surface area contributed by atoms with Crippen LogP contribution in [0.3, 0.4) is 0 Å². The molecule has 14 heavy (non-hydrogen) atoms. The lowest BCUT2D eigenvalue weighted by molar-refractivity contribution is -0.115. The highest BCUT2D eigenvalue weighted by atomic mass is 16.1. The first kappa shape index (κ1) is 15.9. The van der Waals surface area contributed by atoms with Crippen molar-refractivity contribution < 1.29 is 4.79 Å². The first-order valence-corrected chi connectivity index (χ1v) is 6.07. The van der Waals surface area contributed by atoms with E-state index in [0.29, 0.717) is 12.2 Å². The minimum Gasteiger partial charge on any atom is -0.295 e. The van der Waals surface area contributed by atoms with Crippen molar-refractivity contribution in [3.63, 3.8) is 0 Å². The maximum atomic E-state index is 11.1. The molecule has 0 atom stereocenters. The molecule has 84 valence electrons. The van der Waals surface area contributed by atoms with E-state index < -0.39 is 0 Å². The second-order valence-electron chi connectivity index (χ2n) is 2.75. The molecule has 1 nitrogen and oxygen atoms in total. The van der Waals surface area contributed by atoms with Crippen LogP contribution < -0.4 is 0 Å². The van der Waals surface area contributed by atoms with Gasteiger partial charge in [-0.2, -0.15) is 0 Å². The Morgan fingerprint density at radius 1 is 1.21 bits per heavy atom. The normalized spacial score (nSPS) is 13.9. The van der Waals surface area contributed by atoms with Crippen molar-refractivity contribution in [3.05, 3.63) is 11.6 Å². The Labute approximate surface area is 89.6 Å². The Hall–Kier alpha value is -0.590. The Morgan fingerprint density at radius 2 is 1.79 bits per heavy atom.